The normalized spacial score (nSPS) is 11.6. The average Bonchev–Trinajstić information content (AvgIpc) is 3.50. The molecule has 10 heteroatoms. The average molecular weight is 474 g/mol. The van der Waals surface area contributed by atoms with E-state index in [-0.39, 0.29) is 5.75 Å². The Balaban J connectivity index is 1.42. The van der Waals surface area contributed by atoms with Crippen LogP contribution in [-0.2, 0) is 16.6 Å². The summed E-state index contributed by atoms with van der Waals surface area (Å²) < 4.78 is 30.7. The summed E-state index contributed by atoms with van der Waals surface area (Å²) in [5.41, 5.74) is 4.80. The lowest BCUT2D eigenvalue weighted by molar-refractivity contribution is 0.602. The van der Waals surface area contributed by atoms with Crippen molar-refractivity contribution in [3.8, 4) is 11.3 Å². The highest BCUT2D eigenvalue weighted by Gasteiger charge is 2.15. The summed E-state index contributed by atoms with van der Waals surface area (Å²) >= 11 is 0. The van der Waals surface area contributed by atoms with Crippen molar-refractivity contribution in [3.05, 3.63) is 91.1 Å². The maximum Gasteiger partial charge on any atom is 0.245 e. The molecule has 0 fully saturated rings. The van der Waals surface area contributed by atoms with Gasteiger partial charge in [-0.1, -0.05) is 30.3 Å². The van der Waals surface area contributed by atoms with Gasteiger partial charge in [-0.05, 0) is 42.8 Å². The van der Waals surface area contributed by atoms with Crippen LogP contribution in [-0.4, -0.2) is 38.3 Å². The van der Waals surface area contributed by atoms with Gasteiger partial charge in [-0.3, -0.25) is 4.72 Å². The Morgan fingerprint density at radius 1 is 1.00 bits per heavy atom. The fraction of sp³-hybridized carbons (Fsp3) is 0.125. The van der Waals surface area contributed by atoms with Crippen molar-refractivity contribution in [2.24, 2.45) is 0 Å². The lowest BCUT2D eigenvalue weighted by Gasteiger charge is -2.12. The highest BCUT2D eigenvalue weighted by molar-refractivity contribution is 7.92. The van der Waals surface area contributed by atoms with Gasteiger partial charge in [0.05, 0.1) is 35.2 Å². The molecular weight excluding hydrogens is 450 g/mol. The second-order valence-electron chi connectivity index (χ2n) is 7.75. The number of benzene rings is 2. The Kier molecular flexibility index (Phi) is 5.72. The molecule has 5 aromatic rings. The van der Waals surface area contributed by atoms with Crippen LogP contribution in [0, 0.1) is 0 Å². The van der Waals surface area contributed by atoms with Crippen LogP contribution in [0.25, 0.3) is 16.8 Å². The molecule has 0 aliphatic heterocycles. The first kappa shape index (κ1) is 21.7. The molecular formula is C24H23N7O2S. The Hall–Kier alpha value is -4.18. The van der Waals surface area contributed by atoms with E-state index in [1.165, 1.54) is 0 Å². The van der Waals surface area contributed by atoms with Crippen molar-refractivity contribution >= 4 is 32.9 Å². The first-order valence-electron chi connectivity index (χ1n) is 10.8. The zero-order chi connectivity index (χ0) is 23.5. The number of rotatable bonds is 8. The van der Waals surface area contributed by atoms with Gasteiger partial charge in [0.2, 0.25) is 16.0 Å². The topological polar surface area (TPSA) is 106 Å². The fourth-order valence-electron chi connectivity index (χ4n) is 3.61. The number of nitrogens with zero attached hydrogens (tertiary/aromatic N) is 5. The highest BCUT2D eigenvalue weighted by atomic mass is 32.2. The molecule has 0 unspecified atom stereocenters. The van der Waals surface area contributed by atoms with Crippen molar-refractivity contribution in [2.45, 2.75) is 13.5 Å². The van der Waals surface area contributed by atoms with Crippen LogP contribution in [0.4, 0.5) is 17.3 Å². The van der Waals surface area contributed by atoms with Gasteiger partial charge >= 0.3 is 0 Å². The molecule has 9 nitrogen and oxygen atoms in total. The molecule has 2 N–H and O–H groups in total. The lowest BCUT2D eigenvalue weighted by Crippen LogP contribution is -2.15. The molecule has 3 aromatic heterocycles. The van der Waals surface area contributed by atoms with E-state index in [4.69, 9.17) is 0 Å². The van der Waals surface area contributed by atoms with Gasteiger partial charge in [0.1, 0.15) is 0 Å². The fourth-order valence-corrected chi connectivity index (χ4v) is 4.27. The number of anilines is 3. The van der Waals surface area contributed by atoms with E-state index in [1.54, 1.807) is 42.3 Å². The summed E-state index contributed by atoms with van der Waals surface area (Å²) in [7, 11) is -3.42. The van der Waals surface area contributed by atoms with E-state index in [0.29, 0.717) is 11.6 Å². The monoisotopic (exact) mass is 473 g/mol. The number of fused-ring (bicyclic) bond motifs is 1. The molecule has 2 aromatic carbocycles. The third-order valence-corrected chi connectivity index (χ3v) is 6.67. The van der Waals surface area contributed by atoms with Gasteiger partial charge in [0.25, 0.3) is 0 Å². The molecule has 0 saturated heterocycles. The van der Waals surface area contributed by atoms with E-state index >= 15 is 0 Å². The zero-order valence-corrected chi connectivity index (χ0v) is 19.3. The molecule has 5 rings (SSSR count). The van der Waals surface area contributed by atoms with Crippen molar-refractivity contribution in [1.82, 2.24) is 24.1 Å². The van der Waals surface area contributed by atoms with Gasteiger partial charge in [-0.25, -0.2) is 22.9 Å². The van der Waals surface area contributed by atoms with Crippen LogP contribution in [0.15, 0.2) is 85.6 Å². The SMILES string of the molecule is CCS(=O)(=O)Nc1ccccc1-c1ccc2cnc(Nc3ccc(Cn4ccnc4)cc3)nn12. The molecule has 0 saturated carbocycles. The summed E-state index contributed by atoms with van der Waals surface area (Å²) in [5, 5.41) is 7.89. The Labute approximate surface area is 197 Å². The maximum absolute atomic E-state index is 12.2. The van der Waals surface area contributed by atoms with E-state index in [0.717, 1.165) is 34.6 Å². The van der Waals surface area contributed by atoms with Gasteiger partial charge in [0, 0.05) is 30.2 Å². The standard InChI is InChI=1S/C24H23N7O2S/c1-2-34(32,33)29-22-6-4-3-5-21(22)23-12-11-20-15-26-24(28-31(20)23)27-19-9-7-18(8-10-19)16-30-14-13-25-17-30/h3-15,17,29H,2,16H2,1H3,(H,27,28). The quantitative estimate of drug-likeness (QED) is 0.351. The van der Waals surface area contributed by atoms with Gasteiger partial charge in [-0.15, -0.1) is 5.10 Å². The van der Waals surface area contributed by atoms with Crippen molar-refractivity contribution in [2.75, 3.05) is 15.8 Å². The number of imidazole rings is 1. The van der Waals surface area contributed by atoms with Crippen molar-refractivity contribution in [3.63, 3.8) is 0 Å². The zero-order valence-electron chi connectivity index (χ0n) is 18.5. The Bertz CT molecular complexity index is 1530. The number of aromatic nitrogens is 5. The second kappa shape index (κ2) is 8.99. The molecule has 3 heterocycles. The molecule has 34 heavy (non-hydrogen) atoms. The molecule has 172 valence electrons. The van der Waals surface area contributed by atoms with Crippen LogP contribution in [0.2, 0.25) is 0 Å². The van der Waals surface area contributed by atoms with Crippen molar-refractivity contribution < 1.29 is 8.42 Å². The molecule has 0 aliphatic carbocycles. The van der Waals surface area contributed by atoms with Gasteiger partial charge in [-0.2, -0.15) is 0 Å². The van der Waals surface area contributed by atoms with Gasteiger partial charge < -0.3 is 9.88 Å². The third kappa shape index (κ3) is 4.62. The minimum atomic E-state index is -3.42. The molecule has 0 atom stereocenters. The molecule has 0 aliphatic rings. The molecule has 0 spiro atoms. The molecule has 0 radical (unpaired) electrons. The summed E-state index contributed by atoms with van der Waals surface area (Å²) in [6, 6.07) is 19.1. The van der Waals surface area contributed by atoms with Crippen LogP contribution in [0.3, 0.4) is 0 Å². The van der Waals surface area contributed by atoms with E-state index in [9.17, 15) is 8.42 Å². The first-order chi connectivity index (χ1) is 16.5. The number of para-hydroxylation sites is 1. The number of nitrogens with one attached hydrogen (secondary N) is 2. The summed E-state index contributed by atoms with van der Waals surface area (Å²) in [4.78, 5) is 8.49. The van der Waals surface area contributed by atoms with E-state index < -0.39 is 10.0 Å². The summed E-state index contributed by atoms with van der Waals surface area (Å²) in [6.07, 6.45) is 7.20. The summed E-state index contributed by atoms with van der Waals surface area (Å²) in [5.74, 6) is 0.423. The number of sulfonamides is 1. The van der Waals surface area contributed by atoms with Crippen LogP contribution in [0.5, 0.6) is 0 Å². The number of hydrogen-bond donors (Lipinski definition) is 2. The maximum atomic E-state index is 12.2. The van der Waals surface area contributed by atoms with E-state index in [2.05, 4.69) is 25.1 Å². The van der Waals surface area contributed by atoms with Crippen LogP contribution in [0.1, 0.15) is 12.5 Å². The third-order valence-electron chi connectivity index (χ3n) is 5.38. The van der Waals surface area contributed by atoms with Crippen LogP contribution >= 0.6 is 0 Å². The minimum absolute atomic E-state index is 0.00636. The number of hydrogen-bond acceptors (Lipinski definition) is 6. The van der Waals surface area contributed by atoms with Crippen molar-refractivity contribution in [1.29, 1.82) is 0 Å². The first-order valence-corrected chi connectivity index (χ1v) is 12.4. The summed E-state index contributed by atoms with van der Waals surface area (Å²) in [6.45, 7) is 2.35. The minimum Gasteiger partial charge on any atom is -0.333 e. The lowest BCUT2D eigenvalue weighted by atomic mass is 10.1. The predicted molar refractivity (Wildman–Crippen MR) is 133 cm³/mol. The smallest absolute Gasteiger partial charge is 0.245 e. The predicted octanol–water partition coefficient (Wildman–Crippen LogP) is 4.15. The second-order valence-corrected chi connectivity index (χ2v) is 9.76. The van der Waals surface area contributed by atoms with Gasteiger partial charge in [0.15, 0.2) is 0 Å². The van der Waals surface area contributed by atoms with Crippen LogP contribution < -0.4 is 10.0 Å². The molecule has 0 bridgehead atoms. The molecule has 0 amide bonds. The largest absolute Gasteiger partial charge is 0.333 e. The van der Waals surface area contributed by atoms with E-state index in [1.807, 2.05) is 59.3 Å². The Morgan fingerprint density at radius 2 is 1.82 bits per heavy atom. The highest BCUT2D eigenvalue weighted by Crippen LogP contribution is 2.30. The Morgan fingerprint density at radius 3 is 2.59 bits per heavy atom.